The SMILES string of the molecule is OCCOCCOCCOCCOCCOCCOCCOCCOCCOCCOCCOCCOCCOCCOCCOCCC(F)(F)C(F)(F)C(F)(F)C(F)(F)C(F)(F)C(F)(F)C(F)(F)C(F)(F)C(F)(F)C(F)(F)C(F)(F)C(F)(F)F. The van der Waals surface area contributed by atoms with E-state index in [0.29, 0.717) is 106 Å². The Balaban J connectivity index is 4.14. The molecule has 0 aliphatic carbocycles. The number of aliphatic hydroxyl groups excluding tert-OH is 1. The van der Waals surface area contributed by atoms with Crippen LogP contribution in [0.1, 0.15) is 6.42 Å². The minimum atomic E-state index is -9.64. The highest BCUT2D eigenvalue weighted by Crippen LogP contribution is 2.68. The zero-order valence-electron chi connectivity index (χ0n) is 44.6. The molecule has 41 heteroatoms. The molecular formula is C44H65F25O16. The first kappa shape index (κ1) is 82.6. The van der Waals surface area contributed by atoms with Crippen LogP contribution in [0, 0.1) is 0 Å². The highest BCUT2D eigenvalue weighted by atomic mass is 19.4. The number of ether oxygens (including phenoxy) is 15. The van der Waals surface area contributed by atoms with E-state index in [2.05, 4.69) is 4.74 Å². The fourth-order valence-corrected chi connectivity index (χ4v) is 5.59. The van der Waals surface area contributed by atoms with Crippen LogP contribution in [0.15, 0.2) is 0 Å². The van der Waals surface area contributed by atoms with Crippen molar-refractivity contribution in [1.29, 1.82) is 0 Å². The molecular weight excluding hydrogens is 1260 g/mol. The first-order chi connectivity index (χ1) is 39.3. The average molecular weight is 1320 g/mol. The van der Waals surface area contributed by atoms with E-state index in [9.17, 15) is 110 Å². The predicted molar refractivity (Wildman–Crippen MR) is 234 cm³/mol. The van der Waals surface area contributed by atoms with Gasteiger partial charge in [0.15, 0.2) is 0 Å². The second-order valence-corrected chi connectivity index (χ2v) is 16.6. The summed E-state index contributed by atoms with van der Waals surface area (Å²) in [7, 11) is 0. The summed E-state index contributed by atoms with van der Waals surface area (Å²) < 4.78 is 419. The van der Waals surface area contributed by atoms with Crippen molar-refractivity contribution in [2.75, 3.05) is 205 Å². The van der Waals surface area contributed by atoms with Gasteiger partial charge in [-0.1, -0.05) is 0 Å². The lowest BCUT2D eigenvalue weighted by atomic mass is 9.84. The Kier molecular flexibility index (Phi) is 37.9. The number of rotatable bonds is 57. The van der Waals surface area contributed by atoms with E-state index >= 15 is 0 Å². The van der Waals surface area contributed by atoms with Gasteiger partial charge in [-0.25, -0.2) is 0 Å². The van der Waals surface area contributed by atoms with E-state index in [-0.39, 0.29) is 79.3 Å². The summed E-state index contributed by atoms with van der Waals surface area (Å²) in [5, 5.41) is 8.58. The lowest BCUT2D eigenvalue weighted by Gasteiger charge is -2.45. The van der Waals surface area contributed by atoms with Crippen molar-refractivity contribution in [2.45, 2.75) is 77.7 Å². The molecule has 512 valence electrons. The summed E-state index contributed by atoms with van der Waals surface area (Å²) in [5.41, 5.74) is 0. The van der Waals surface area contributed by atoms with Crippen LogP contribution in [0.3, 0.4) is 0 Å². The molecule has 0 saturated heterocycles. The van der Waals surface area contributed by atoms with Crippen molar-refractivity contribution in [3.05, 3.63) is 0 Å². The fourth-order valence-electron chi connectivity index (χ4n) is 5.59. The molecule has 0 aromatic heterocycles. The molecule has 1 N–H and O–H groups in total. The molecule has 0 bridgehead atoms. The highest BCUT2D eigenvalue weighted by molar-refractivity contribution is 5.19. The van der Waals surface area contributed by atoms with Gasteiger partial charge in [0.2, 0.25) is 0 Å². The Labute approximate surface area is 468 Å². The Morgan fingerprint density at radius 3 is 0.447 bits per heavy atom. The summed E-state index contributed by atoms with van der Waals surface area (Å²) in [6.45, 7) is 3.65. The second kappa shape index (κ2) is 39.0. The number of aliphatic hydroxyl groups is 1. The van der Waals surface area contributed by atoms with Crippen LogP contribution in [0.4, 0.5) is 110 Å². The smallest absolute Gasteiger partial charge is 0.394 e. The molecule has 0 heterocycles. The van der Waals surface area contributed by atoms with Crippen LogP contribution in [0.5, 0.6) is 0 Å². The Morgan fingerprint density at radius 1 is 0.165 bits per heavy atom. The summed E-state index contributed by atoms with van der Waals surface area (Å²) in [5.74, 6) is -98.8. The summed E-state index contributed by atoms with van der Waals surface area (Å²) >= 11 is 0. The zero-order chi connectivity index (χ0) is 65.2. The monoisotopic (exact) mass is 1320 g/mol. The number of hydrogen-bond donors (Lipinski definition) is 1. The van der Waals surface area contributed by atoms with Crippen molar-refractivity contribution in [3.8, 4) is 0 Å². The van der Waals surface area contributed by atoms with E-state index in [0.717, 1.165) is 0 Å². The third-order valence-corrected chi connectivity index (χ3v) is 10.4. The zero-order valence-corrected chi connectivity index (χ0v) is 44.6. The average Bonchev–Trinajstić information content (AvgIpc) is 0.762. The van der Waals surface area contributed by atoms with Gasteiger partial charge < -0.3 is 76.2 Å². The normalized spacial score (nSPS) is 14.3. The molecule has 85 heavy (non-hydrogen) atoms. The van der Waals surface area contributed by atoms with E-state index < -0.39 is 97.6 Å². The molecule has 0 saturated carbocycles. The van der Waals surface area contributed by atoms with E-state index in [1.165, 1.54) is 0 Å². The molecule has 0 amide bonds. The number of hydrogen-bond acceptors (Lipinski definition) is 16. The molecule has 0 rings (SSSR count). The van der Waals surface area contributed by atoms with Crippen molar-refractivity contribution in [3.63, 3.8) is 0 Å². The molecule has 0 atom stereocenters. The standard InChI is InChI=1S/C44H65F25O16/c45-33(46,34(47,48)35(49,50)36(51,52)37(53,54)38(55,56)39(57,58)40(59,60)41(61,62)42(63,64)43(65,66)44(67,68)69)1-3-71-5-7-73-9-11-75-13-15-77-17-19-79-21-23-81-25-27-83-29-31-85-32-30-84-28-26-82-24-22-80-20-18-78-16-14-76-12-10-74-8-6-72-4-2-70/h70H,1-32H2. The predicted octanol–water partition coefficient (Wildman–Crippen LogP) is 8.17. The van der Waals surface area contributed by atoms with Crippen molar-refractivity contribution < 1.29 is 186 Å². The Hall–Kier alpha value is -2.39. The minimum Gasteiger partial charge on any atom is -0.394 e. The third kappa shape index (κ3) is 24.4. The van der Waals surface area contributed by atoms with Gasteiger partial charge in [-0.2, -0.15) is 110 Å². The first-order valence-corrected chi connectivity index (χ1v) is 24.8. The fraction of sp³-hybridized carbons (Fsp3) is 1.00. The number of halogens is 25. The first-order valence-electron chi connectivity index (χ1n) is 24.8. The molecule has 0 spiro atoms. The Bertz CT molecular complexity index is 1710. The van der Waals surface area contributed by atoms with Crippen LogP contribution in [-0.2, 0) is 71.1 Å². The highest BCUT2D eigenvalue weighted by Gasteiger charge is 2.99. The second-order valence-electron chi connectivity index (χ2n) is 16.6. The van der Waals surface area contributed by atoms with E-state index in [4.69, 9.17) is 71.4 Å². The van der Waals surface area contributed by atoms with Gasteiger partial charge >= 0.3 is 71.3 Å². The van der Waals surface area contributed by atoms with E-state index in [1.54, 1.807) is 0 Å². The summed E-state index contributed by atoms with van der Waals surface area (Å²) in [6.07, 6.45) is -11.2. The lowest BCUT2D eigenvalue weighted by molar-refractivity contribution is -0.482. The van der Waals surface area contributed by atoms with Gasteiger partial charge in [0.25, 0.3) is 0 Å². The molecule has 0 aromatic rings. The van der Waals surface area contributed by atoms with Gasteiger partial charge in [0.1, 0.15) is 0 Å². The van der Waals surface area contributed by atoms with Crippen LogP contribution >= 0.6 is 0 Å². The summed E-state index contributed by atoms with van der Waals surface area (Å²) in [6, 6.07) is 0. The maximum Gasteiger partial charge on any atom is 0.460 e. The van der Waals surface area contributed by atoms with Gasteiger partial charge in [0.05, 0.1) is 205 Å². The quantitative estimate of drug-likeness (QED) is 0.0459. The molecule has 16 nitrogen and oxygen atoms in total. The molecule has 0 fully saturated rings. The maximum absolute atomic E-state index is 14.2. The Morgan fingerprint density at radius 2 is 0.294 bits per heavy atom. The van der Waals surface area contributed by atoms with Crippen molar-refractivity contribution >= 4 is 0 Å². The maximum atomic E-state index is 14.2. The molecule has 0 radical (unpaired) electrons. The van der Waals surface area contributed by atoms with Crippen molar-refractivity contribution in [1.82, 2.24) is 0 Å². The van der Waals surface area contributed by atoms with Gasteiger partial charge in [-0.3, -0.25) is 0 Å². The minimum absolute atomic E-state index is 0.0227. The summed E-state index contributed by atoms with van der Waals surface area (Å²) in [4.78, 5) is 0. The van der Waals surface area contributed by atoms with E-state index in [1.807, 2.05) is 0 Å². The topological polar surface area (TPSA) is 159 Å². The van der Waals surface area contributed by atoms with Gasteiger partial charge in [0, 0.05) is 6.42 Å². The van der Waals surface area contributed by atoms with Crippen LogP contribution in [0.25, 0.3) is 0 Å². The third-order valence-electron chi connectivity index (χ3n) is 10.4. The van der Waals surface area contributed by atoms with Gasteiger partial charge in [-0.05, 0) is 0 Å². The number of alkyl halides is 25. The molecule has 0 unspecified atom stereocenters. The van der Waals surface area contributed by atoms with Crippen molar-refractivity contribution in [2.24, 2.45) is 0 Å². The molecule has 0 aliphatic heterocycles. The van der Waals surface area contributed by atoms with Crippen LogP contribution in [0.2, 0.25) is 0 Å². The largest absolute Gasteiger partial charge is 0.460 e. The van der Waals surface area contributed by atoms with Gasteiger partial charge in [-0.15, -0.1) is 0 Å². The molecule has 0 aliphatic rings. The lowest BCUT2D eigenvalue weighted by Crippen LogP contribution is -2.78. The molecule has 0 aromatic carbocycles. The van der Waals surface area contributed by atoms with Crippen LogP contribution in [-0.4, -0.2) is 281 Å². The van der Waals surface area contributed by atoms with Crippen LogP contribution < -0.4 is 0 Å².